The van der Waals surface area contributed by atoms with Gasteiger partial charge in [-0.2, -0.15) is 0 Å². The summed E-state index contributed by atoms with van der Waals surface area (Å²) in [5, 5.41) is 3.25. The van der Waals surface area contributed by atoms with Gasteiger partial charge in [0.15, 0.2) is 0 Å². The Balaban J connectivity index is 1.95. The Hall–Kier alpha value is -0.890. The summed E-state index contributed by atoms with van der Waals surface area (Å²) < 4.78 is 13.3. The van der Waals surface area contributed by atoms with Crippen molar-refractivity contribution in [3.8, 4) is 0 Å². The standard InChI is InChI=1S/C14H18FN/c1-16-8-10-6-13(9-2-3-9)14-7-11(15)4-5-12(10)14/h4-5,7,9-10,13,16H,2-3,6,8H2,1H3. The number of fused-ring (bicyclic) bond motifs is 1. The van der Waals surface area contributed by atoms with Gasteiger partial charge in [-0.25, -0.2) is 4.39 Å². The zero-order chi connectivity index (χ0) is 11.1. The Morgan fingerprint density at radius 3 is 2.81 bits per heavy atom. The van der Waals surface area contributed by atoms with Crippen LogP contribution in [-0.4, -0.2) is 13.6 Å². The van der Waals surface area contributed by atoms with E-state index in [1.807, 2.05) is 13.1 Å². The highest BCUT2D eigenvalue weighted by Gasteiger charge is 2.40. The van der Waals surface area contributed by atoms with Crippen LogP contribution in [0.3, 0.4) is 0 Å². The Morgan fingerprint density at radius 2 is 2.12 bits per heavy atom. The van der Waals surface area contributed by atoms with E-state index in [1.54, 1.807) is 12.1 Å². The summed E-state index contributed by atoms with van der Waals surface area (Å²) in [5.74, 6) is 1.98. The molecule has 1 N–H and O–H groups in total. The van der Waals surface area contributed by atoms with Gasteiger partial charge in [-0.15, -0.1) is 0 Å². The van der Waals surface area contributed by atoms with Crippen molar-refractivity contribution in [2.24, 2.45) is 5.92 Å². The predicted octanol–water partition coefficient (Wildman–Crippen LogP) is 3.03. The molecule has 1 fully saturated rings. The SMILES string of the molecule is CNCC1CC(C2CC2)c2cc(F)ccc21. The van der Waals surface area contributed by atoms with E-state index >= 15 is 0 Å². The fourth-order valence-electron chi connectivity index (χ4n) is 3.18. The molecule has 2 aliphatic rings. The van der Waals surface area contributed by atoms with Crippen LogP contribution in [0.15, 0.2) is 18.2 Å². The molecule has 1 saturated carbocycles. The molecule has 0 amide bonds. The lowest BCUT2D eigenvalue weighted by atomic mass is 9.96. The van der Waals surface area contributed by atoms with E-state index in [2.05, 4.69) is 5.32 Å². The van der Waals surface area contributed by atoms with Gasteiger partial charge in [0.1, 0.15) is 5.82 Å². The van der Waals surface area contributed by atoms with Gasteiger partial charge in [-0.3, -0.25) is 0 Å². The van der Waals surface area contributed by atoms with Crippen molar-refractivity contribution < 1.29 is 4.39 Å². The summed E-state index contributed by atoms with van der Waals surface area (Å²) in [5.41, 5.74) is 2.68. The lowest BCUT2D eigenvalue weighted by Gasteiger charge is -2.10. The van der Waals surface area contributed by atoms with Crippen molar-refractivity contribution >= 4 is 0 Å². The Bertz CT molecular complexity index is 398. The van der Waals surface area contributed by atoms with Crippen LogP contribution in [0.1, 0.15) is 42.2 Å². The first-order chi connectivity index (χ1) is 7.79. The predicted molar refractivity (Wildman–Crippen MR) is 63.1 cm³/mol. The van der Waals surface area contributed by atoms with Crippen molar-refractivity contribution in [3.05, 3.63) is 35.1 Å². The maximum absolute atomic E-state index is 13.3. The molecule has 1 nitrogen and oxygen atoms in total. The number of benzene rings is 1. The van der Waals surface area contributed by atoms with Crippen molar-refractivity contribution in [1.82, 2.24) is 5.32 Å². The molecule has 0 heterocycles. The minimum Gasteiger partial charge on any atom is -0.319 e. The highest BCUT2D eigenvalue weighted by atomic mass is 19.1. The molecular formula is C14H18FN. The fourth-order valence-corrected chi connectivity index (χ4v) is 3.18. The summed E-state index contributed by atoms with van der Waals surface area (Å²) in [6.45, 7) is 1.02. The van der Waals surface area contributed by atoms with E-state index in [9.17, 15) is 4.39 Å². The first-order valence-electron chi connectivity index (χ1n) is 6.23. The lowest BCUT2D eigenvalue weighted by Crippen LogP contribution is -2.15. The third-order valence-electron chi connectivity index (χ3n) is 4.07. The maximum Gasteiger partial charge on any atom is 0.123 e. The molecule has 86 valence electrons. The zero-order valence-electron chi connectivity index (χ0n) is 9.67. The molecule has 2 atom stereocenters. The molecule has 0 bridgehead atoms. The van der Waals surface area contributed by atoms with Crippen LogP contribution in [0.5, 0.6) is 0 Å². The highest BCUT2D eigenvalue weighted by Crippen LogP contribution is 2.53. The quantitative estimate of drug-likeness (QED) is 0.824. The van der Waals surface area contributed by atoms with Crippen molar-refractivity contribution in [2.75, 3.05) is 13.6 Å². The smallest absolute Gasteiger partial charge is 0.123 e. The third-order valence-corrected chi connectivity index (χ3v) is 4.07. The van der Waals surface area contributed by atoms with Gasteiger partial charge < -0.3 is 5.32 Å². The molecule has 2 unspecified atom stereocenters. The minimum absolute atomic E-state index is 0.0745. The molecule has 3 rings (SSSR count). The number of hydrogen-bond donors (Lipinski definition) is 1. The van der Waals surface area contributed by atoms with E-state index in [0.717, 1.165) is 12.5 Å². The van der Waals surface area contributed by atoms with Crippen molar-refractivity contribution in [1.29, 1.82) is 0 Å². The molecule has 0 aromatic heterocycles. The fraction of sp³-hybridized carbons (Fsp3) is 0.571. The lowest BCUT2D eigenvalue weighted by molar-refractivity contribution is 0.524. The van der Waals surface area contributed by atoms with Crippen LogP contribution in [0, 0.1) is 11.7 Å². The van der Waals surface area contributed by atoms with Crippen LogP contribution < -0.4 is 5.32 Å². The molecule has 2 aliphatic carbocycles. The largest absolute Gasteiger partial charge is 0.319 e. The van der Waals surface area contributed by atoms with Gasteiger partial charge in [0.25, 0.3) is 0 Å². The molecule has 16 heavy (non-hydrogen) atoms. The molecule has 1 aromatic carbocycles. The Kier molecular flexibility index (Phi) is 2.47. The summed E-state index contributed by atoms with van der Waals surface area (Å²) in [7, 11) is 1.99. The van der Waals surface area contributed by atoms with Crippen molar-refractivity contribution in [2.45, 2.75) is 31.1 Å². The molecule has 1 aromatic rings. The van der Waals surface area contributed by atoms with E-state index in [0.29, 0.717) is 11.8 Å². The average Bonchev–Trinajstić information content (AvgIpc) is 3.04. The van der Waals surface area contributed by atoms with E-state index in [-0.39, 0.29) is 5.82 Å². The van der Waals surface area contributed by atoms with E-state index in [1.165, 1.54) is 30.4 Å². The number of halogens is 1. The van der Waals surface area contributed by atoms with Gasteiger partial charge in [-0.1, -0.05) is 6.07 Å². The second kappa shape index (κ2) is 3.85. The van der Waals surface area contributed by atoms with Crippen LogP contribution in [0.4, 0.5) is 4.39 Å². The molecular weight excluding hydrogens is 201 g/mol. The second-order valence-electron chi connectivity index (χ2n) is 5.21. The molecule has 0 radical (unpaired) electrons. The van der Waals surface area contributed by atoms with Crippen molar-refractivity contribution in [3.63, 3.8) is 0 Å². The third kappa shape index (κ3) is 1.65. The number of hydrogen-bond acceptors (Lipinski definition) is 1. The Labute approximate surface area is 96.1 Å². The zero-order valence-corrected chi connectivity index (χ0v) is 9.67. The van der Waals surface area contributed by atoms with Gasteiger partial charge in [0, 0.05) is 6.54 Å². The normalized spacial score (nSPS) is 28.1. The number of likely N-dealkylation sites (N-methyl/N-ethyl adjacent to an activating group) is 1. The average molecular weight is 219 g/mol. The minimum atomic E-state index is -0.0745. The summed E-state index contributed by atoms with van der Waals surface area (Å²) in [6.07, 6.45) is 3.89. The molecule has 2 heteroatoms. The highest BCUT2D eigenvalue weighted by molar-refractivity contribution is 5.40. The first-order valence-corrected chi connectivity index (χ1v) is 6.23. The van der Waals surface area contributed by atoms with E-state index in [4.69, 9.17) is 0 Å². The first kappa shape index (κ1) is 10.3. The number of rotatable bonds is 3. The summed E-state index contributed by atoms with van der Waals surface area (Å²) in [6, 6.07) is 5.37. The van der Waals surface area contributed by atoms with Gasteiger partial charge in [0.05, 0.1) is 0 Å². The summed E-state index contributed by atoms with van der Waals surface area (Å²) >= 11 is 0. The summed E-state index contributed by atoms with van der Waals surface area (Å²) in [4.78, 5) is 0. The second-order valence-corrected chi connectivity index (χ2v) is 5.21. The van der Waals surface area contributed by atoms with E-state index < -0.39 is 0 Å². The number of nitrogens with one attached hydrogen (secondary N) is 1. The van der Waals surface area contributed by atoms with Crippen LogP contribution in [0.25, 0.3) is 0 Å². The maximum atomic E-state index is 13.3. The monoisotopic (exact) mass is 219 g/mol. The van der Waals surface area contributed by atoms with Crippen LogP contribution in [-0.2, 0) is 0 Å². The molecule has 0 aliphatic heterocycles. The van der Waals surface area contributed by atoms with Crippen LogP contribution >= 0.6 is 0 Å². The topological polar surface area (TPSA) is 12.0 Å². The van der Waals surface area contributed by atoms with Crippen LogP contribution in [0.2, 0.25) is 0 Å². The van der Waals surface area contributed by atoms with Gasteiger partial charge in [-0.05, 0) is 67.3 Å². The molecule has 0 spiro atoms. The molecule has 0 saturated heterocycles. The Morgan fingerprint density at radius 1 is 1.31 bits per heavy atom. The van der Waals surface area contributed by atoms with Gasteiger partial charge >= 0.3 is 0 Å². The van der Waals surface area contributed by atoms with Gasteiger partial charge in [0.2, 0.25) is 0 Å².